The average Bonchev–Trinajstić information content (AvgIpc) is 2.32. The molecule has 1 aliphatic rings. The van der Waals surface area contributed by atoms with Gasteiger partial charge in [-0.2, -0.15) is 11.8 Å². The molecule has 1 heterocycles. The van der Waals surface area contributed by atoms with Crippen molar-refractivity contribution >= 4 is 11.8 Å². The van der Waals surface area contributed by atoms with Crippen LogP contribution in [0.5, 0.6) is 5.75 Å². The fourth-order valence-electron chi connectivity index (χ4n) is 2.60. The first-order valence-corrected chi connectivity index (χ1v) is 7.42. The molecule has 0 spiro atoms. The number of aromatic hydroxyl groups is 1. The summed E-state index contributed by atoms with van der Waals surface area (Å²) in [5, 5.41) is 20.6. The van der Waals surface area contributed by atoms with E-state index in [0.717, 1.165) is 30.0 Å². The third-order valence-corrected chi connectivity index (χ3v) is 4.68. The van der Waals surface area contributed by atoms with Crippen LogP contribution in [0.4, 0.5) is 0 Å². The topological polar surface area (TPSA) is 43.7 Å². The number of hydrogen-bond donors (Lipinski definition) is 2. The van der Waals surface area contributed by atoms with Crippen LogP contribution in [0.25, 0.3) is 0 Å². The molecule has 1 fully saturated rings. The van der Waals surface area contributed by atoms with Gasteiger partial charge in [-0.15, -0.1) is 0 Å². The first-order chi connectivity index (χ1) is 8.52. The summed E-state index contributed by atoms with van der Waals surface area (Å²) in [7, 11) is 4.06. The Morgan fingerprint density at radius 3 is 2.89 bits per heavy atom. The molecule has 18 heavy (non-hydrogen) atoms. The van der Waals surface area contributed by atoms with Gasteiger partial charge in [0.1, 0.15) is 5.75 Å². The van der Waals surface area contributed by atoms with E-state index in [1.54, 1.807) is 18.2 Å². The highest BCUT2D eigenvalue weighted by atomic mass is 32.2. The standard InChI is InChI=1S/C14H21NO2S/c1-15(2)9-12-10-18-7-6-14(12,17)11-4-3-5-13(16)8-11/h3-5,8,12,16-17H,6-7,9-10H2,1-2H3/t12-,14+/m1/s1. The molecule has 0 unspecified atom stereocenters. The summed E-state index contributed by atoms with van der Waals surface area (Å²) < 4.78 is 0. The second kappa shape index (κ2) is 5.51. The summed E-state index contributed by atoms with van der Waals surface area (Å²) in [4.78, 5) is 2.12. The Morgan fingerprint density at radius 2 is 2.22 bits per heavy atom. The predicted molar refractivity (Wildman–Crippen MR) is 76.0 cm³/mol. The first-order valence-electron chi connectivity index (χ1n) is 6.27. The second-order valence-electron chi connectivity index (χ2n) is 5.26. The van der Waals surface area contributed by atoms with E-state index in [4.69, 9.17) is 0 Å². The molecule has 2 atom stereocenters. The minimum absolute atomic E-state index is 0.202. The highest BCUT2D eigenvalue weighted by Gasteiger charge is 2.40. The van der Waals surface area contributed by atoms with E-state index in [1.807, 2.05) is 31.9 Å². The number of benzene rings is 1. The van der Waals surface area contributed by atoms with Crippen molar-refractivity contribution in [2.24, 2.45) is 5.92 Å². The maximum atomic E-state index is 11.0. The Bertz CT molecular complexity index is 411. The molecule has 2 rings (SSSR count). The number of thioether (sulfide) groups is 1. The van der Waals surface area contributed by atoms with Gasteiger partial charge in [0, 0.05) is 18.2 Å². The fraction of sp³-hybridized carbons (Fsp3) is 0.571. The smallest absolute Gasteiger partial charge is 0.115 e. The van der Waals surface area contributed by atoms with E-state index in [9.17, 15) is 10.2 Å². The number of hydrogen-bond acceptors (Lipinski definition) is 4. The van der Waals surface area contributed by atoms with Crippen LogP contribution in [-0.2, 0) is 5.60 Å². The summed E-state index contributed by atoms with van der Waals surface area (Å²) in [6, 6.07) is 7.06. The Kier molecular flexibility index (Phi) is 4.20. The van der Waals surface area contributed by atoms with Gasteiger partial charge in [-0.1, -0.05) is 12.1 Å². The third kappa shape index (κ3) is 2.82. The number of nitrogens with zero attached hydrogens (tertiary/aromatic N) is 1. The number of aliphatic hydroxyl groups is 1. The van der Waals surface area contributed by atoms with Crippen molar-refractivity contribution in [1.82, 2.24) is 4.90 Å². The SMILES string of the molecule is CN(C)C[C@@H]1CSCC[C@]1(O)c1cccc(O)c1. The molecule has 1 aromatic carbocycles. The molecule has 0 amide bonds. The Balaban J connectivity index is 2.29. The third-order valence-electron chi connectivity index (χ3n) is 3.55. The van der Waals surface area contributed by atoms with Gasteiger partial charge in [0.25, 0.3) is 0 Å². The maximum absolute atomic E-state index is 11.0. The van der Waals surface area contributed by atoms with Crippen molar-refractivity contribution in [3.8, 4) is 5.75 Å². The van der Waals surface area contributed by atoms with Crippen molar-refractivity contribution in [2.45, 2.75) is 12.0 Å². The molecule has 0 aliphatic carbocycles. The van der Waals surface area contributed by atoms with Gasteiger partial charge in [-0.05, 0) is 44.0 Å². The molecule has 0 radical (unpaired) electrons. The van der Waals surface area contributed by atoms with Crippen LogP contribution in [0.2, 0.25) is 0 Å². The Morgan fingerprint density at radius 1 is 1.44 bits per heavy atom. The summed E-state index contributed by atoms with van der Waals surface area (Å²) in [6.07, 6.45) is 0.750. The molecule has 1 aliphatic heterocycles. The van der Waals surface area contributed by atoms with Crippen LogP contribution >= 0.6 is 11.8 Å². The lowest BCUT2D eigenvalue weighted by atomic mass is 9.79. The van der Waals surface area contributed by atoms with E-state index in [-0.39, 0.29) is 11.7 Å². The van der Waals surface area contributed by atoms with Crippen LogP contribution in [0.3, 0.4) is 0 Å². The molecule has 4 heteroatoms. The van der Waals surface area contributed by atoms with E-state index in [1.165, 1.54) is 0 Å². The fourth-order valence-corrected chi connectivity index (χ4v) is 3.88. The monoisotopic (exact) mass is 267 g/mol. The van der Waals surface area contributed by atoms with Crippen molar-refractivity contribution in [2.75, 3.05) is 32.1 Å². The molecule has 0 aromatic heterocycles. The molecule has 0 bridgehead atoms. The van der Waals surface area contributed by atoms with Crippen molar-refractivity contribution in [3.63, 3.8) is 0 Å². The zero-order chi connectivity index (χ0) is 13.2. The van der Waals surface area contributed by atoms with Crippen molar-refractivity contribution < 1.29 is 10.2 Å². The Labute approximate surface area is 113 Å². The maximum Gasteiger partial charge on any atom is 0.115 e. The number of phenols is 1. The summed E-state index contributed by atoms with van der Waals surface area (Å²) in [5.41, 5.74) is 0.0310. The van der Waals surface area contributed by atoms with Crippen LogP contribution in [0.15, 0.2) is 24.3 Å². The molecular formula is C14H21NO2S. The number of phenolic OH excluding ortho intramolecular Hbond substituents is 1. The van der Waals surface area contributed by atoms with E-state index < -0.39 is 5.60 Å². The molecule has 3 nitrogen and oxygen atoms in total. The van der Waals surface area contributed by atoms with Crippen LogP contribution in [0.1, 0.15) is 12.0 Å². The Hall–Kier alpha value is -0.710. The highest BCUT2D eigenvalue weighted by molar-refractivity contribution is 7.99. The molecule has 100 valence electrons. The quantitative estimate of drug-likeness (QED) is 0.878. The summed E-state index contributed by atoms with van der Waals surface area (Å²) in [6.45, 7) is 0.860. The predicted octanol–water partition coefficient (Wildman–Crippen LogP) is 1.89. The van der Waals surface area contributed by atoms with Crippen LogP contribution in [0, 0.1) is 5.92 Å². The van der Waals surface area contributed by atoms with Gasteiger partial charge in [-0.25, -0.2) is 0 Å². The zero-order valence-electron chi connectivity index (χ0n) is 11.0. The minimum Gasteiger partial charge on any atom is -0.508 e. The lowest BCUT2D eigenvalue weighted by Gasteiger charge is -2.41. The summed E-state index contributed by atoms with van der Waals surface area (Å²) >= 11 is 1.90. The molecular weight excluding hydrogens is 246 g/mol. The van der Waals surface area contributed by atoms with Gasteiger partial charge >= 0.3 is 0 Å². The van der Waals surface area contributed by atoms with Crippen LogP contribution < -0.4 is 0 Å². The van der Waals surface area contributed by atoms with E-state index in [2.05, 4.69) is 4.90 Å². The highest BCUT2D eigenvalue weighted by Crippen LogP contribution is 2.41. The van der Waals surface area contributed by atoms with Crippen LogP contribution in [-0.4, -0.2) is 47.3 Å². The van der Waals surface area contributed by atoms with E-state index in [0.29, 0.717) is 0 Å². The first kappa shape index (κ1) is 13.7. The van der Waals surface area contributed by atoms with E-state index >= 15 is 0 Å². The zero-order valence-corrected chi connectivity index (χ0v) is 11.8. The van der Waals surface area contributed by atoms with Crippen molar-refractivity contribution in [1.29, 1.82) is 0 Å². The van der Waals surface area contributed by atoms with Gasteiger partial charge in [0.2, 0.25) is 0 Å². The largest absolute Gasteiger partial charge is 0.508 e. The normalized spacial score (nSPS) is 28.6. The minimum atomic E-state index is -0.811. The molecule has 1 saturated heterocycles. The van der Waals surface area contributed by atoms with Gasteiger partial charge in [-0.3, -0.25) is 0 Å². The number of rotatable bonds is 3. The molecule has 1 aromatic rings. The second-order valence-corrected chi connectivity index (χ2v) is 6.41. The van der Waals surface area contributed by atoms with Crippen molar-refractivity contribution in [3.05, 3.63) is 29.8 Å². The molecule has 2 N–H and O–H groups in total. The lowest BCUT2D eigenvalue weighted by molar-refractivity contribution is -0.0294. The lowest BCUT2D eigenvalue weighted by Crippen LogP contribution is -2.45. The molecule has 0 saturated carbocycles. The van der Waals surface area contributed by atoms with Gasteiger partial charge < -0.3 is 15.1 Å². The van der Waals surface area contributed by atoms with Gasteiger partial charge in [0.15, 0.2) is 0 Å². The average molecular weight is 267 g/mol. The summed E-state index contributed by atoms with van der Waals surface area (Å²) in [5.74, 6) is 2.36. The van der Waals surface area contributed by atoms with Gasteiger partial charge in [0.05, 0.1) is 5.60 Å².